The van der Waals surface area contributed by atoms with E-state index in [1.807, 2.05) is 0 Å². The van der Waals surface area contributed by atoms with Gasteiger partial charge in [-0.2, -0.15) is 9.29 Å². The third kappa shape index (κ3) is 5.44. The zero-order chi connectivity index (χ0) is 20.0. The topological polar surface area (TPSA) is 126 Å². The van der Waals surface area contributed by atoms with Gasteiger partial charge in [0.25, 0.3) is 0 Å². The SMILES string of the molecule is CCN(CC)S(=O)(=O)c1ccc(O)c(NC(=O)CSCc2noc(C)n2)c1. The summed E-state index contributed by atoms with van der Waals surface area (Å²) in [5.74, 6) is 0.827. The number of aromatic hydroxyl groups is 1. The Hall–Kier alpha value is -2.11. The van der Waals surface area contributed by atoms with Crippen LogP contribution in [0.15, 0.2) is 27.6 Å². The number of rotatable bonds is 9. The van der Waals surface area contributed by atoms with Crippen LogP contribution in [0.5, 0.6) is 5.75 Å². The standard InChI is InChI=1S/C16H22N4O5S2/c1-4-20(5-2)27(23,24)12-6-7-14(21)13(8-12)18-16(22)10-26-9-15-17-11(3)25-19-15/h6-8,21H,4-5,9-10H2,1-3H3,(H,18,22). The van der Waals surface area contributed by atoms with Gasteiger partial charge in [-0.1, -0.05) is 19.0 Å². The lowest BCUT2D eigenvalue weighted by Crippen LogP contribution is -2.30. The largest absolute Gasteiger partial charge is 0.506 e. The number of hydrogen-bond donors (Lipinski definition) is 2. The molecule has 0 aliphatic carbocycles. The van der Waals surface area contributed by atoms with Gasteiger partial charge in [-0.3, -0.25) is 4.79 Å². The highest BCUT2D eigenvalue weighted by Gasteiger charge is 2.23. The van der Waals surface area contributed by atoms with Crippen molar-refractivity contribution in [3.05, 3.63) is 29.9 Å². The fourth-order valence-corrected chi connectivity index (χ4v) is 4.45. The average Bonchev–Trinajstić information content (AvgIpc) is 3.02. The molecule has 0 saturated heterocycles. The second kappa shape index (κ2) is 9.20. The van der Waals surface area contributed by atoms with E-state index in [0.717, 1.165) is 0 Å². The molecule has 0 radical (unpaired) electrons. The molecular formula is C16H22N4O5S2. The predicted molar refractivity (Wildman–Crippen MR) is 102 cm³/mol. The van der Waals surface area contributed by atoms with Crippen molar-refractivity contribution in [3.8, 4) is 5.75 Å². The number of thioether (sulfide) groups is 1. The lowest BCUT2D eigenvalue weighted by atomic mass is 10.3. The maximum atomic E-state index is 12.6. The summed E-state index contributed by atoms with van der Waals surface area (Å²) >= 11 is 1.27. The molecule has 1 aromatic carbocycles. The van der Waals surface area contributed by atoms with Crippen molar-refractivity contribution in [2.45, 2.75) is 31.4 Å². The zero-order valence-electron chi connectivity index (χ0n) is 15.3. The molecule has 2 rings (SSSR count). The quantitative estimate of drug-likeness (QED) is 0.597. The van der Waals surface area contributed by atoms with E-state index in [2.05, 4.69) is 15.5 Å². The van der Waals surface area contributed by atoms with Crippen molar-refractivity contribution in [3.63, 3.8) is 0 Å². The van der Waals surface area contributed by atoms with Gasteiger partial charge < -0.3 is 14.9 Å². The van der Waals surface area contributed by atoms with E-state index in [9.17, 15) is 18.3 Å². The highest BCUT2D eigenvalue weighted by atomic mass is 32.2. The van der Waals surface area contributed by atoms with E-state index in [4.69, 9.17) is 4.52 Å². The number of aryl methyl sites for hydroxylation is 1. The molecule has 0 spiro atoms. The predicted octanol–water partition coefficient (Wildman–Crippen LogP) is 1.99. The van der Waals surface area contributed by atoms with E-state index < -0.39 is 10.0 Å². The number of hydrogen-bond acceptors (Lipinski definition) is 8. The molecule has 1 amide bonds. The van der Waals surface area contributed by atoms with Crippen molar-refractivity contribution < 1.29 is 22.8 Å². The normalized spacial score (nSPS) is 11.7. The minimum atomic E-state index is -3.69. The molecule has 0 aliphatic rings. The molecule has 0 unspecified atom stereocenters. The Kier molecular flexibility index (Phi) is 7.22. The maximum absolute atomic E-state index is 12.6. The molecule has 0 aliphatic heterocycles. The number of amides is 1. The van der Waals surface area contributed by atoms with Gasteiger partial charge in [0.1, 0.15) is 5.75 Å². The Balaban J connectivity index is 2.04. The van der Waals surface area contributed by atoms with Crippen LogP contribution in [0.3, 0.4) is 0 Å². The van der Waals surface area contributed by atoms with Crippen molar-refractivity contribution in [2.24, 2.45) is 0 Å². The van der Waals surface area contributed by atoms with Gasteiger partial charge in [0.2, 0.25) is 21.8 Å². The first-order valence-electron chi connectivity index (χ1n) is 8.27. The van der Waals surface area contributed by atoms with E-state index in [-0.39, 0.29) is 28.0 Å². The summed E-state index contributed by atoms with van der Waals surface area (Å²) in [6.07, 6.45) is 0. The molecule has 27 heavy (non-hydrogen) atoms. The van der Waals surface area contributed by atoms with E-state index in [0.29, 0.717) is 30.6 Å². The summed E-state index contributed by atoms with van der Waals surface area (Å²) in [7, 11) is -3.69. The number of aromatic nitrogens is 2. The van der Waals surface area contributed by atoms with Gasteiger partial charge in [0, 0.05) is 20.0 Å². The molecule has 0 saturated carbocycles. The second-order valence-electron chi connectivity index (χ2n) is 5.54. The van der Waals surface area contributed by atoms with Crippen LogP contribution >= 0.6 is 11.8 Å². The first kappa shape index (κ1) is 21.2. The van der Waals surface area contributed by atoms with E-state index in [1.165, 1.54) is 34.3 Å². The van der Waals surface area contributed by atoms with Crippen molar-refractivity contribution in [2.75, 3.05) is 24.2 Å². The van der Waals surface area contributed by atoms with Gasteiger partial charge in [-0.05, 0) is 18.2 Å². The summed E-state index contributed by atoms with van der Waals surface area (Å²) in [5, 5.41) is 16.2. The molecule has 9 nitrogen and oxygen atoms in total. The van der Waals surface area contributed by atoms with Crippen LogP contribution in [0.1, 0.15) is 25.6 Å². The Morgan fingerprint density at radius 1 is 1.33 bits per heavy atom. The number of benzene rings is 1. The molecule has 0 fully saturated rings. The zero-order valence-corrected chi connectivity index (χ0v) is 16.9. The van der Waals surface area contributed by atoms with Gasteiger partial charge in [-0.15, -0.1) is 11.8 Å². The molecule has 2 aromatic rings. The molecule has 1 aromatic heterocycles. The molecule has 0 bridgehead atoms. The molecule has 1 heterocycles. The molecule has 11 heteroatoms. The Labute approximate surface area is 162 Å². The summed E-state index contributed by atoms with van der Waals surface area (Å²) < 4.78 is 31.3. The van der Waals surface area contributed by atoms with Crippen LogP contribution in [0.2, 0.25) is 0 Å². The maximum Gasteiger partial charge on any atom is 0.243 e. The van der Waals surface area contributed by atoms with E-state index in [1.54, 1.807) is 20.8 Å². The first-order chi connectivity index (χ1) is 12.8. The minimum absolute atomic E-state index is 0.00854. The lowest BCUT2D eigenvalue weighted by molar-refractivity contribution is -0.113. The van der Waals surface area contributed by atoms with Crippen LogP contribution in [-0.2, 0) is 20.6 Å². The summed E-state index contributed by atoms with van der Waals surface area (Å²) in [4.78, 5) is 16.1. The van der Waals surface area contributed by atoms with Crippen LogP contribution in [0, 0.1) is 6.92 Å². The fraction of sp³-hybridized carbons (Fsp3) is 0.438. The smallest absolute Gasteiger partial charge is 0.243 e. The number of carbonyl (C=O) groups is 1. The lowest BCUT2D eigenvalue weighted by Gasteiger charge is -2.19. The second-order valence-corrected chi connectivity index (χ2v) is 8.46. The molecular weight excluding hydrogens is 392 g/mol. The highest BCUT2D eigenvalue weighted by Crippen LogP contribution is 2.28. The van der Waals surface area contributed by atoms with Gasteiger partial charge in [0.05, 0.1) is 22.1 Å². The number of nitrogens with zero attached hydrogens (tertiary/aromatic N) is 3. The monoisotopic (exact) mass is 414 g/mol. The molecule has 148 valence electrons. The van der Waals surface area contributed by atoms with Crippen LogP contribution in [0.25, 0.3) is 0 Å². The number of carbonyl (C=O) groups excluding carboxylic acids is 1. The number of phenolic OH excluding ortho intramolecular Hbond substituents is 1. The third-order valence-electron chi connectivity index (χ3n) is 3.62. The Morgan fingerprint density at radius 2 is 2.04 bits per heavy atom. The number of sulfonamides is 1. The average molecular weight is 415 g/mol. The van der Waals surface area contributed by atoms with Gasteiger partial charge in [0.15, 0.2) is 5.82 Å². The summed E-state index contributed by atoms with van der Waals surface area (Å²) in [6, 6.07) is 3.82. The molecule has 2 N–H and O–H groups in total. The van der Waals surface area contributed by atoms with Crippen molar-refractivity contribution in [1.29, 1.82) is 0 Å². The Morgan fingerprint density at radius 3 is 2.63 bits per heavy atom. The van der Waals surface area contributed by atoms with Gasteiger partial charge >= 0.3 is 0 Å². The van der Waals surface area contributed by atoms with Gasteiger partial charge in [-0.25, -0.2) is 8.42 Å². The minimum Gasteiger partial charge on any atom is -0.506 e. The summed E-state index contributed by atoms with van der Waals surface area (Å²) in [6.45, 7) is 5.82. The van der Waals surface area contributed by atoms with Crippen molar-refractivity contribution in [1.82, 2.24) is 14.4 Å². The molecule has 0 atom stereocenters. The third-order valence-corrected chi connectivity index (χ3v) is 6.59. The number of nitrogens with one attached hydrogen (secondary N) is 1. The number of anilines is 1. The summed E-state index contributed by atoms with van der Waals surface area (Å²) in [5.41, 5.74) is 0.0456. The van der Waals surface area contributed by atoms with Crippen LogP contribution in [-0.4, -0.2) is 52.7 Å². The van der Waals surface area contributed by atoms with E-state index >= 15 is 0 Å². The highest BCUT2D eigenvalue weighted by molar-refractivity contribution is 7.99. The number of phenols is 1. The Bertz CT molecular complexity index is 894. The van der Waals surface area contributed by atoms with Crippen LogP contribution < -0.4 is 5.32 Å². The van der Waals surface area contributed by atoms with Crippen molar-refractivity contribution >= 4 is 33.4 Å². The first-order valence-corrected chi connectivity index (χ1v) is 10.9. The fourth-order valence-electron chi connectivity index (χ4n) is 2.31. The van der Waals surface area contributed by atoms with Crippen LogP contribution in [0.4, 0.5) is 5.69 Å².